The lowest BCUT2D eigenvalue weighted by molar-refractivity contribution is -0.144. The number of aromatic nitrogens is 1. The molecule has 2 aliphatic rings. The number of primary amides is 1. The summed E-state index contributed by atoms with van der Waals surface area (Å²) in [4.78, 5) is 30.3. The Morgan fingerprint density at radius 2 is 2.16 bits per heavy atom. The molecule has 2 amide bonds. The summed E-state index contributed by atoms with van der Waals surface area (Å²) in [6.45, 7) is 6.47. The molecule has 4 atom stereocenters. The molecule has 1 saturated heterocycles. The molecule has 1 aliphatic carbocycles. The summed E-state index contributed by atoms with van der Waals surface area (Å²) in [7, 11) is 0. The maximum absolute atomic E-state index is 12.2. The largest absolute Gasteiger partial charge is 0.490 e. The molecule has 162 valence electrons. The van der Waals surface area contributed by atoms with E-state index in [2.05, 4.69) is 11.9 Å². The maximum atomic E-state index is 12.2. The highest BCUT2D eigenvalue weighted by Crippen LogP contribution is 2.45. The van der Waals surface area contributed by atoms with Crippen LogP contribution >= 0.6 is 0 Å². The molecule has 8 heteroatoms. The van der Waals surface area contributed by atoms with Crippen LogP contribution in [0.3, 0.4) is 0 Å². The van der Waals surface area contributed by atoms with Crippen molar-refractivity contribution in [2.24, 2.45) is 17.6 Å². The fraction of sp³-hybridized carbons (Fsp3) is 0.478. The van der Waals surface area contributed by atoms with Crippen LogP contribution in [0.2, 0.25) is 0 Å². The maximum Gasteiger partial charge on any atom is 0.252 e. The zero-order chi connectivity index (χ0) is 22.3. The Labute approximate surface area is 180 Å². The number of fused-ring (bicyclic) bond motifs is 2. The average Bonchev–Trinajstić information content (AvgIpc) is 2.89. The number of nitrogens with two attached hydrogens (primary N) is 1. The van der Waals surface area contributed by atoms with E-state index >= 15 is 0 Å². The Morgan fingerprint density at radius 3 is 2.84 bits per heavy atom. The van der Waals surface area contributed by atoms with Crippen molar-refractivity contribution in [3.63, 3.8) is 0 Å². The van der Waals surface area contributed by atoms with Crippen LogP contribution in [0.25, 0.3) is 10.8 Å². The third-order valence-electron chi connectivity index (χ3n) is 6.14. The van der Waals surface area contributed by atoms with Gasteiger partial charge in [0.15, 0.2) is 0 Å². The molecule has 1 aromatic heterocycles. The number of pyridine rings is 1. The topological polar surface area (TPSA) is 119 Å². The molecule has 1 aliphatic heterocycles. The van der Waals surface area contributed by atoms with Gasteiger partial charge in [0.05, 0.1) is 17.7 Å². The first-order valence-electron chi connectivity index (χ1n) is 10.5. The summed E-state index contributed by atoms with van der Waals surface area (Å²) >= 11 is 0. The number of hydrogen-bond donors (Lipinski definition) is 1. The summed E-state index contributed by atoms with van der Waals surface area (Å²) in [5.74, 6) is 0.702. The smallest absolute Gasteiger partial charge is 0.252 e. The van der Waals surface area contributed by atoms with Crippen molar-refractivity contribution >= 4 is 22.6 Å². The van der Waals surface area contributed by atoms with Gasteiger partial charge in [-0.25, -0.2) is 4.98 Å². The van der Waals surface area contributed by atoms with Crippen molar-refractivity contribution in [3.05, 3.63) is 30.0 Å². The minimum atomic E-state index is -0.555. The van der Waals surface area contributed by atoms with Crippen LogP contribution in [0.1, 0.15) is 44.0 Å². The van der Waals surface area contributed by atoms with E-state index in [1.807, 2.05) is 19.9 Å². The van der Waals surface area contributed by atoms with Gasteiger partial charge in [-0.3, -0.25) is 9.59 Å². The van der Waals surface area contributed by atoms with E-state index in [-0.39, 0.29) is 42.4 Å². The van der Waals surface area contributed by atoms with Gasteiger partial charge in [0.2, 0.25) is 11.8 Å². The lowest BCUT2D eigenvalue weighted by Crippen LogP contribution is -2.60. The summed E-state index contributed by atoms with van der Waals surface area (Å²) in [5, 5.41) is 10.4. The van der Waals surface area contributed by atoms with Crippen molar-refractivity contribution in [2.75, 3.05) is 6.54 Å². The van der Waals surface area contributed by atoms with Gasteiger partial charge in [0.1, 0.15) is 18.3 Å². The van der Waals surface area contributed by atoms with Gasteiger partial charge in [-0.05, 0) is 49.8 Å². The summed E-state index contributed by atoms with van der Waals surface area (Å²) in [5.41, 5.74) is 5.87. The molecule has 0 bridgehead atoms. The number of carbonyl (C=O) groups excluding carboxylic acids is 2. The molecule has 0 spiro atoms. The number of ether oxygens (including phenoxy) is 2. The number of nitrogens with zero attached hydrogens (tertiary/aromatic N) is 3. The molecule has 8 nitrogen and oxygen atoms in total. The minimum Gasteiger partial charge on any atom is -0.490 e. The summed E-state index contributed by atoms with van der Waals surface area (Å²) in [6, 6.07) is 7.31. The van der Waals surface area contributed by atoms with E-state index in [1.165, 1.54) is 0 Å². The SMILES string of the molecule is CC(C)Oc1cc2c(O[C@@H]3C[C@@H](C)C4[C@@H]3CN4C(=O)CC#N)nccc2cc1C(N)=O. The second kappa shape index (κ2) is 8.06. The van der Waals surface area contributed by atoms with Crippen LogP contribution in [0.4, 0.5) is 0 Å². The molecule has 1 saturated carbocycles. The third-order valence-corrected chi connectivity index (χ3v) is 6.14. The normalized spacial score (nSPS) is 24.4. The van der Waals surface area contributed by atoms with Crippen LogP contribution in [0, 0.1) is 23.2 Å². The summed E-state index contributed by atoms with van der Waals surface area (Å²) < 4.78 is 12.2. The van der Waals surface area contributed by atoms with Crippen molar-refractivity contribution < 1.29 is 19.1 Å². The Hall–Kier alpha value is -3.34. The highest BCUT2D eigenvalue weighted by Gasteiger charge is 2.54. The Morgan fingerprint density at radius 1 is 1.39 bits per heavy atom. The number of hydrogen-bond acceptors (Lipinski definition) is 6. The van der Waals surface area contributed by atoms with Gasteiger partial charge in [-0.15, -0.1) is 0 Å². The van der Waals surface area contributed by atoms with Crippen LogP contribution in [-0.4, -0.2) is 46.5 Å². The molecule has 1 aromatic carbocycles. The first kappa shape index (κ1) is 20.9. The van der Waals surface area contributed by atoms with Gasteiger partial charge < -0.3 is 20.1 Å². The van der Waals surface area contributed by atoms with E-state index in [9.17, 15) is 9.59 Å². The van der Waals surface area contributed by atoms with E-state index in [4.69, 9.17) is 20.5 Å². The second-order valence-corrected chi connectivity index (χ2v) is 8.62. The molecule has 2 heterocycles. The predicted octanol–water partition coefficient (Wildman–Crippen LogP) is 2.65. The zero-order valence-electron chi connectivity index (χ0n) is 17.9. The number of amides is 2. The molecule has 0 radical (unpaired) electrons. The Balaban J connectivity index is 1.62. The quantitative estimate of drug-likeness (QED) is 0.764. The lowest BCUT2D eigenvalue weighted by Gasteiger charge is -2.47. The van der Waals surface area contributed by atoms with Gasteiger partial charge >= 0.3 is 0 Å². The molecular weight excluding hydrogens is 396 g/mol. The summed E-state index contributed by atoms with van der Waals surface area (Å²) in [6.07, 6.45) is 2.16. The fourth-order valence-corrected chi connectivity index (χ4v) is 4.83. The average molecular weight is 422 g/mol. The van der Waals surface area contributed by atoms with Gasteiger partial charge in [-0.1, -0.05) is 6.92 Å². The van der Waals surface area contributed by atoms with Gasteiger partial charge in [0, 0.05) is 30.1 Å². The number of nitriles is 1. The molecule has 2 fully saturated rings. The van der Waals surface area contributed by atoms with Crippen molar-refractivity contribution in [1.82, 2.24) is 9.88 Å². The molecule has 2 N–H and O–H groups in total. The standard InChI is InChI=1S/C23H26N4O4/c1-12(2)30-19-10-15-14(9-16(19)22(25)29)5-7-26-23(15)31-18-8-13(3)21-17(18)11-27(21)20(28)4-6-24/h5,7,9-10,12-13,17-18,21H,4,8,11H2,1-3H3,(H2,25,29)/t13-,17-,18-,21?/m1/s1. The highest BCUT2D eigenvalue weighted by atomic mass is 16.5. The first-order chi connectivity index (χ1) is 14.8. The Kier molecular flexibility index (Phi) is 5.44. The first-order valence-corrected chi connectivity index (χ1v) is 10.5. The van der Waals surface area contributed by atoms with E-state index in [0.29, 0.717) is 23.7 Å². The third kappa shape index (κ3) is 3.76. The second-order valence-electron chi connectivity index (χ2n) is 8.62. The number of rotatable bonds is 6. The predicted molar refractivity (Wildman–Crippen MR) is 113 cm³/mol. The molecule has 2 aromatic rings. The zero-order valence-corrected chi connectivity index (χ0v) is 17.9. The van der Waals surface area contributed by atoms with E-state index in [0.717, 1.165) is 17.2 Å². The van der Waals surface area contributed by atoms with E-state index in [1.54, 1.807) is 29.3 Å². The monoisotopic (exact) mass is 422 g/mol. The van der Waals surface area contributed by atoms with Crippen molar-refractivity contribution in [2.45, 2.75) is 51.9 Å². The molecular formula is C23H26N4O4. The number of carbonyl (C=O) groups is 2. The molecule has 1 unspecified atom stereocenters. The highest BCUT2D eigenvalue weighted by molar-refractivity contribution is 6.01. The number of likely N-dealkylation sites (tertiary alicyclic amines) is 1. The number of benzene rings is 1. The van der Waals surface area contributed by atoms with Gasteiger partial charge in [0.25, 0.3) is 5.91 Å². The fourth-order valence-electron chi connectivity index (χ4n) is 4.83. The van der Waals surface area contributed by atoms with Crippen molar-refractivity contribution in [1.29, 1.82) is 5.26 Å². The van der Waals surface area contributed by atoms with Crippen LogP contribution in [0.5, 0.6) is 11.6 Å². The van der Waals surface area contributed by atoms with Crippen LogP contribution in [0.15, 0.2) is 24.4 Å². The minimum absolute atomic E-state index is 0.0745. The molecule has 31 heavy (non-hydrogen) atoms. The van der Waals surface area contributed by atoms with Crippen LogP contribution in [-0.2, 0) is 4.79 Å². The van der Waals surface area contributed by atoms with E-state index < -0.39 is 5.91 Å². The van der Waals surface area contributed by atoms with Crippen molar-refractivity contribution in [3.8, 4) is 17.7 Å². The Bertz CT molecular complexity index is 1080. The lowest BCUT2D eigenvalue weighted by atomic mass is 9.87. The molecule has 4 rings (SSSR count). The van der Waals surface area contributed by atoms with Gasteiger partial charge in [-0.2, -0.15) is 5.26 Å². The van der Waals surface area contributed by atoms with Crippen LogP contribution < -0.4 is 15.2 Å².